The third-order valence-corrected chi connectivity index (χ3v) is 5.42. The molecule has 132 valence electrons. The van der Waals surface area contributed by atoms with E-state index in [0.717, 1.165) is 21.6 Å². The second-order valence-corrected chi connectivity index (χ2v) is 7.67. The van der Waals surface area contributed by atoms with Gasteiger partial charge in [-0.25, -0.2) is 15.0 Å². The van der Waals surface area contributed by atoms with Crippen molar-refractivity contribution in [2.24, 2.45) is 4.99 Å². The molecule has 1 atom stereocenters. The summed E-state index contributed by atoms with van der Waals surface area (Å²) in [4.78, 5) is 21.3. The zero-order chi connectivity index (χ0) is 18.3. The third-order valence-electron chi connectivity index (χ3n) is 4.51. The van der Waals surface area contributed by atoms with E-state index in [1.54, 1.807) is 23.3 Å². The van der Waals surface area contributed by atoms with Gasteiger partial charge in [-0.3, -0.25) is 10.2 Å². The maximum Gasteiger partial charge on any atom is 0.238 e. The Morgan fingerprint density at radius 1 is 1.19 bits per heavy atom. The molecule has 1 aromatic heterocycles. The summed E-state index contributed by atoms with van der Waals surface area (Å²) >= 11 is 1.56. The van der Waals surface area contributed by atoms with Crippen molar-refractivity contribution in [2.45, 2.75) is 33.2 Å². The van der Waals surface area contributed by atoms with Gasteiger partial charge in [-0.15, -0.1) is 0 Å². The van der Waals surface area contributed by atoms with Crippen LogP contribution in [0.1, 0.15) is 36.1 Å². The molecule has 1 aliphatic heterocycles. The van der Waals surface area contributed by atoms with E-state index in [9.17, 15) is 4.79 Å². The first kappa shape index (κ1) is 16.7. The van der Waals surface area contributed by atoms with E-state index in [1.807, 2.05) is 6.07 Å². The van der Waals surface area contributed by atoms with Crippen molar-refractivity contribution >= 4 is 38.4 Å². The number of carbonyl (C=O) groups excluding carboxylic acids is 1. The third kappa shape index (κ3) is 3.20. The molecular formula is C20H20N4OS. The van der Waals surface area contributed by atoms with Crippen LogP contribution in [0, 0.1) is 13.8 Å². The van der Waals surface area contributed by atoms with Crippen LogP contribution in [0.25, 0.3) is 10.2 Å². The Labute approximate surface area is 156 Å². The molecule has 0 radical (unpaired) electrons. The second-order valence-electron chi connectivity index (χ2n) is 6.66. The van der Waals surface area contributed by atoms with Gasteiger partial charge >= 0.3 is 0 Å². The number of amidine groups is 1. The zero-order valence-electron chi connectivity index (χ0n) is 15.0. The molecule has 0 aliphatic carbocycles. The fourth-order valence-corrected chi connectivity index (χ4v) is 4.10. The minimum absolute atomic E-state index is 0.0271. The summed E-state index contributed by atoms with van der Waals surface area (Å²) in [6, 6.07) is 14.4. The number of hydrogen-bond donors (Lipinski definition) is 1. The number of thiazole rings is 1. The highest BCUT2D eigenvalue weighted by molar-refractivity contribution is 7.22. The largest absolute Gasteiger partial charge is 0.282 e. The van der Waals surface area contributed by atoms with Crippen molar-refractivity contribution in [3.8, 4) is 0 Å². The lowest BCUT2D eigenvalue weighted by molar-refractivity contribution is -0.132. The molecule has 1 N–H and O–H groups in total. The van der Waals surface area contributed by atoms with Crippen LogP contribution < -0.4 is 5.43 Å². The number of benzene rings is 2. The summed E-state index contributed by atoms with van der Waals surface area (Å²) in [5, 5.41) is 2.36. The molecule has 1 fully saturated rings. The molecule has 0 saturated carbocycles. The summed E-state index contributed by atoms with van der Waals surface area (Å²) < 4.78 is 1.13. The van der Waals surface area contributed by atoms with E-state index in [4.69, 9.17) is 0 Å². The standard InChI is InChI=1S/C20H20N4OS/c1-12-4-7-15(8-5-12)17-11-19(23-24(17)14(3)25)22-20-21-16-9-6-13(2)10-18(16)26-20/h4-10,17H,11H2,1-3H3,(H,21,22,23). The lowest BCUT2D eigenvalue weighted by atomic mass is 10.0. The number of hydrazine groups is 1. The van der Waals surface area contributed by atoms with E-state index in [0.29, 0.717) is 11.6 Å². The van der Waals surface area contributed by atoms with Crippen molar-refractivity contribution < 1.29 is 4.79 Å². The average molecular weight is 364 g/mol. The highest BCUT2D eigenvalue weighted by Gasteiger charge is 2.32. The molecular weight excluding hydrogens is 344 g/mol. The van der Waals surface area contributed by atoms with Gasteiger partial charge < -0.3 is 0 Å². The Morgan fingerprint density at radius 3 is 2.65 bits per heavy atom. The smallest absolute Gasteiger partial charge is 0.238 e. The Balaban J connectivity index is 1.65. The zero-order valence-corrected chi connectivity index (χ0v) is 15.8. The van der Waals surface area contributed by atoms with Gasteiger partial charge in [0.15, 0.2) is 0 Å². The number of fused-ring (bicyclic) bond motifs is 1. The van der Waals surface area contributed by atoms with Gasteiger partial charge in [0.25, 0.3) is 0 Å². The molecule has 4 rings (SSSR count). The van der Waals surface area contributed by atoms with Crippen LogP contribution in [0.15, 0.2) is 47.5 Å². The number of nitrogens with one attached hydrogen (secondary N) is 1. The molecule has 1 amide bonds. The van der Waals surface area contributed by atoms with E-state index >= 15 is 0 Å². The van der Waals surface area contributed by atoms with Crippen molar-refractivity contribution in [2.75, 3.05) is 0 Å². The number of carbonyl (C=O) groups is 1. The van der Waals surface area contributed by atoms with Gasteiger partial charge in [-0.2, -0.15) is 0 Å². The molecule has 6 heteroatoms. The predicted molar refractivity (Wildman–Crippen MR) is 106 cm³/mol. The Bertz CT molecular complexity index is 1010. The van der Waals surface area contributed by atoms with E-state index in [-0.39, 0.29) is 11.9 Å². The molecule has 0 bridgehead atoms. The molecule has 2 heterocycles. The Hall–Kier alpha value is -2.73. The summed E-state index contributed by atoms with van der Waals surface area (Å²) in [6.45, 7) is 5.69. The fraction of sp³-hybridized carbons (Fsp3) is 0.250. The molecule has 1 unspecified atom stereocenters. The molecule has 1 aliphatic rings. The monoisotopic (exact) mass is 364 g/mol. The fourth-order valence-electron chi connectivity index (χ4n) is 3.14. The van der Waals surface area contributed by atoms with Crippen molar-refractivity contribution in [3.05, 3.63) is 59.2 Å². The van der Waals surface area contributed by atoms with Crippen LogP contribution in [-0.4, -0.2) is 21.7 Å². The summed E-state index contributed by atoms with van der Waals surface area (Å²) in [6.07, 6.45) is 0.650. The minimum Gasteiger partial charge on any atom is -0.282 e. The van der Waals surface area contributed by atoms with Crippen LogP contribution in [-0.2, 0) is 4.79 Å². The molecule has 2 aromatic carbocycles. The van der Waals surface area contributed by atoms with Gasteiger partial charge in [0.05, 0.1) is 16.3 Å². The first-order valence-electron chi connectivity index (χ1n) is 8.57. The number of rotatable bonds is 2. The number of nitrogens with zero attached hydrogens (tertiary/aromatic N) is 3. The number of hydrogen-bond acceptors (Lipinski definition) is 4. The average Bonchev–Trinajstić information content (AvgIpc) is 3.19. The Morgan fingerprint density at radius 2 is 1.92 bits per heavy atom. The maximum absolute atomic E-state index is 12.1. The van der Waals surface area contributed by atoms with Crippen LogP contribution in [0.4, 0.5) is 5.13 Å². The van der Waals surface area contributed by atoms with Crippen LogP contribution in [0.5, 0.6) is 0 Å². The first-order valence-corrected chi connectivity index (χ1v) is 9.39. The normalized spacial score (nSPS) is 18.5. The van der Waals surface area contributed by atoms with E-state index < -0.39 is 0 Å². The number of aromatic nitrogens is 1. The quantitative estimate of drug-likeness (QED) is 0.731. The van der Waals surface area contributed by atoms with E-state index in [2.05, 4.69) is 65.6 Å². The summed E-state index contributed by atoms with van der Waals surface area (Å²) in [5.74, 6) is 0.738. The van der Waals surface area contributed by atoms with Crippen molar-refractivity contribution in [3.63, 3.8) is 0 Å². The van der Waals surface area contributed by atoms with Gasteiger partial charge in [0, 0.05) is 13.3 Å². The predicted octanol–water partition coefficient (Wildman–Crippen LogP) is 4.44. The number of aliphatic imine (C=N–C) groups is 1. The second kappa shape index (κ2) is 6.53. The highest BCUT2D eigenvalue weighted by Crippen LogP contribution is 2.32. The SMILES string of the molecule is CC(=O)N1N/C(=N/c2nc3ccc(C)cc3s2)CC1c1ccc(C)cc1. The Kier molecular flexibility index (Phi) is 4.20. The lowest BCUT2D eigenvalue weighted by Crippen LogP contribution is -2.38. The number of amides is 1. The first-order chi connectivity index (χ1) is 12.5. The number of aryl methyl sites for hydroxylation is 2. The highest BCUT2D eigenvalue weighted by atomic mass is 32.1. The maximum atomic E-state index is 12.1. The molecule has 26 heavy (non-hydrogen) atoms. The van der Waals surface area contributed by atoms with Gasteiger partial charge in [-0.05, 0) is 37.1 Å². The van der Waals surface area contributed by atoms with Crippen LogP contribution in [0.3, 0.4) is 0 Å². The van der Waals surface area contributed by atoms with Crippen LogP contribution in [0.2, 0.25) is 0 Å². The minimum atomic E-state index is -0.0523. The van der Waals surface area contributed by atoms with Gasteiger partial charge in [-0.1, -0.05) is 47.2 Å². The molecule has 1 saturated heterocycles. The van der Waals surface area contributed by atoms with Crippen molar-refractivity contribution in [1.82, 2.24) is 15.4 Å². The molecule has 0 spiro atoms. The summed E-state index contributed by atoms with van der Waals surface area (Å²) in [5.41, 5.74) is 7.63. The topological polar surface area (TPSA) is 57.6 Å². The lowest BCUT2D eigenvalue weighted by Gasteiger charge is -2.22. The van der Waals surface area contributed by atoms with Gasteiger partial charge in [0.2, 0.25) is 11.0 Å². The van der Waals surface area contributed by atoms with Crippen molar-refractivity contribution in [1.29, 1.82) is 0 Å². The van der Waals surface area contributed by atoms with E-state index in [1.165, 1.54) is 11.1 Å². The molecule has 3 aromatic rings. The summed E-state index contributed by atoms with van der Waals surface area (Å²) in [7, 11) is 0. The van der Waals surface area contributed by atoms with Crippen LogP contribution >= 0.6 is 11.3 Å². The van der Waals surface area contributed by atoms with Gasteiger partial charge in [0.1, 0.15) is 5.84 Å². The molecule has 5 nitrogen and oxygen atoms in total.